The van der Waals surface area contributed by atoms with Crippen molar-refractivity contribution in [2.75, 3.05) is 40.9 Å². The highest BCUT2D eigenvalue weighted by molar-refractivity contribution is 6.06. The number of hydrogen-bond acceptors (Lipinski definition) is 4. The Kier molecular flexibility index (Phi) is 8.16. The zero-order valence-electron chi connectivity index (χ0n) is 19.0. The Labute approximate surface area is 180 Å². The average Bonchev–Trinajstić information content (AvgIpc) is 3.15. The number of rotatable bonds is 10. The predicted molar refractivity (Wildman–Crippen MR) is 121 cm³/mol. The van der Waals surface area contributed by atoms with Crippen molar-refractivity contribution in [2.45, 2.75) is 52.0 Å². The number of nitrogens with zero attached hydrogens (tertiary/aromatic N) is 3. The summed E-state index contributed by atoms with van der Waals surface area (Å²) in [4.78, 5) is 20.5. The first-order valence-electron chi connectivity index (χ1n) is 11.3. The molecule has 0 bridgehead atoms. The molecule has 1 saturated heterocycles. The van der Waals surface area contributed by atoms with Crippen LogP contribution in [-0.4, -0.2) is 61.3 Å². The van der Waals surface area contributed by atoms with Crippen LogP contribution < -0.4 is 4.74 Å². The third kappa shape index (κ3) is 5.35. The van der Waals surface area contributed by atoms with Crippen LogP contribution in [0.2, 0.25) is 0 Å². The van der Waals surface area contributed by atoms with Crippen molar-refractivity contribution in [2.24, 2.45) is 5.92 Å². The minimum atomic E-state index is -0.149. The second kappa shape index (κ2) is 10.8. The number of fused-ring (bicyclic) bond motifs is 1. The lowest BCUT2D eigenvalue weighted by atomic mass is 9.91. The number of carbonyl (C=O) groups is 1. The standard InChI is InChI=1S/C24H37N3O3/c1-5-6-8-19-11-15-26(16-12-19)13-7-14-27-18-22(24(28)25(2)30-4)21-17-20(29-3)9-10-23(21)27/h9-10,17-19H,5-8,11-16H2,1-4H3. The topological polar surface area (TPSA) is 46.9 Å². The van der Waals surface area contributed by atoms with Crippen molar-refractivity contribution in [1.82, 2.24) is 14.5 Å². The number of benzene rings is 1. The number of amides is 1. The molecule has 0 radical (unpaired) electrons. The predicted octanol–water partition coefficient (Wildman–Crippen LogP) is 4.58. The number of hydrogen-bond donors (Lipinski definition) is 0. The third-order valence-corrected chi connectivity index (χ3v) is 6.42. The van der Waals surface area contributed by atoms with E-state index >= 15 is 0 Å². The van der Waals surface area contributed by atoms with Crippen molar-refractivity contribution in [1.29, 1.82) is 0 Å². The Morgan fingerprint density at radius 3 is 2.60 bits per heavy atom. The van der Waals surface area contributed by atoms with Crippen LogP contribution in [0.25, 0.3) is 10.9 Å². The second-order valence-corrected chi connectivity index (χ2v) is 8.39. The van der Waals surface area contributed by atoms with Gasteiger partial charge in [0.05, 0.1) is 19.8 Å². The van der Waals surface area contributed by atoms with Crippen LogP contribution >= 0.6 is 0 Å². The number of carbonyl (C=O) groups excluding carboxylic acids is 1. The van der Waals surface area contributed by atoms with Crippen molar-refractivity contribution >= 4 is 16.8 Å². The lowest BCUT2D eigenvalue weighted by Crippen LogP contribution is -2.34. The Morgan fingerprint density at radius 1 is 1.17 bits per heavy atom. The minimum absolute atomic E-state index is 0.149. The first-order valence-corrected chi connectivity index (χ1v) is 11.3. The highest BCUT2D eigenvalue weighted by atomic mass is 16.7. The molecular formula is C24H37N3O3. The van der Waals surface area contributed by atoms with Gasteiger partial charge in [-0.05, 0) is 63.0 Å². The summed E-state index contributed by atoms with van der Waals surface area (Å²) in [5.41, 5.74) is 1.70. The van der Waals surface area contributed by atoms with Crippen molar-refractivity contribution in [3.8, 4) is 5.75 Å². The molecule has 30 heavy (non-hydrogen) atoms. The third-order valence-electron chi connectivity index (χ3n) is 6.42. The normalized spacial score (nSPS) is 15.6. The summed E-state index contributed by atoms with van der Waals surface area (Å²) in [7, 11) is 4.78. The average molecular weight is 416 g/mol. The summed E-state index contributed by atoms with van der Waals surface area (Å²) >= 11 is 0. The molecule has 1 fully saturated rings. The van der Waals surface area contributed by atoms with Gasteiger partial charge in [-0.2, -0.15) is 0 Å². The summed E-state index contributed by atoms with van der Waals surface area (Å²) < 4.78 is 7.57. The quantitative estimate of drug-likeness (QED) is 0.533. The summed E-state index contributed by atoms with van der Waals surface area (Å²) in [6.45, 7) is 6.73. The van der Waals surface area contributed by atoms with Gasteiger partial charge in [-0.3, -0.25) is 9.63 Å². The number of hydroxylamine groups is 2. The number of piperidine rings is 1. The Morgan fingerprint density at radius 2 is 1.93 bits per heavy atom. The summed E-state index contributed by atoms with van der Waals surface area (Å²) in [5, 5.41) is 2.17. The molecule has 1 amide bonds. The fourth-order valence-electron chi connectivity index (χ4n) is 4.47. The van der Waals surface area contributed by atoms with Crippen LogP contribution in [0.1, 0.15) is 55.8 Å². The molecule has 2 heterocycles. The molecule has 0 atom stereocenters. The first kappa shape index (κ1) is 22.6. The molecule has 6 nitrogen and oxygen atoms in total. The molecule has 3 rings (SSSR count). The van der Waals surface area contributed by atoms with E-state index in [2.05, 4.69) is 16.4 Å². The molecule has 0 aliphatic carbocycles. The minimum Gasteiger partial charge on any atom is -0.497 e. The fraction of sp³-hybridized carbons (Fsp3) is 0.625. The van der Waals surface area contributed by atoms with Gasteiger partial charge in [-0.25, -0.2) is 5.06 Å². The Balaban J connectivity index is 1.64. The largest absolute Gasteiger partial charge is 0.497 e. The van der Waals surface area contributed by atoms with Gasteiger partial charge < -0.3 is 14.2 Å². The van der Waals surface area contributed by atoms with Crippen LogP contribution in [0.5, 0.6) is 5.75 Å². The molecule has 1 aliphatic heterocycles. The van der Waals surface area contributed by atoms with E-state index < -0.39 is 0 Å². The lowest BCUT2D eigenvalue weighted by molar-refractivity contribution is -0.0755. The van der Waals surface area contributed by atoms with Crippen LogP contribution in [-0.2, 0) is 11.4 Å². The van der Waals surface area contributed by atoms with Gasteiger partial charge in [0.1, 0.15) is 5.75 Å². The van der Waals surface area contributed by atoms with Gasteiger partial charge in [0, 0.05) is 30.7 Å². The van der Waals surface area contributed by atoms with Gasteiger partial charge in [0.15, 0.2) is 0 Å². The SMILES string of the molecule is CCCCC1CCN(CCCn2cc(C(=O)N(C)OC)c3cc(OC)ccc32)CC1. The number of likely N-dealkylation sites (tertiary alicyclic amines) is 1. The maximum atomic E-state index is 12.8. The van der Waals surface area contributed by atoms with Gasteiger partial charge in [-0.1, -0.05) is 26.2 Å². The zero-order valence-corrected chi connectivity index (χ0v) is 19.0. The van der Waals surface area contributed by atoms with Gasteiger partial charge in [-0.15, -0.1) is 0 Å². The van der Waals surface area contributed by atoms with E-state index in [9.17, 15) is 4.79 Å². The lowest BCUT2D eigenvalue weighted by Gasteiger charge is -2.32. The first-order chi connectivity index (χ1) is 14.6. The van der Waals surface area contributed by atoms with Gasteiger partial charge in [0.25, 0.3) is 5.91 Å². The molecular weight excluding hydrogens is 378 g/mol. The number of aromatic nitrogens is 1. The summed E-state index contributed by atoms with van der Waals surface area (Å²) in [6, 6.07) is 5.93. The van der Waals surface area contributed by atoms with Crippen LogP contribution in [0.3, 0.4) is 0 Å². The van der Waals surface area contributed by atoms with Crippen LogP contribution in [0, 0.1) is 5.92 Å². The number of aryl methyl sites for hydroxylation is 1. The number of ether oxygens (including phenoxy) is 1. The monoisotopic (exact) mass is 415 g/mol. The van der Waals surface area contributed by atoms with Crippen molar-refractivity contribution in [3.05, 3.63) is 30.0 Å². The molecule has 1 aliphatic rings. The molecule has 0 N–H and O–H groups in total. The molecule has 2 aromatic rings. The summed E-state index contributed by atoms with van der Waals surface area (Å²) in [5.74, 6) is 1.53. The maximum Gasteiger partial charge on any atom is 0.279 e. The van der Waals surface area contributed by atoms with Crippen LogP contribution in [0.4, 0.5) is 0 Å². The molecule has 1 aromatic carbocycles. The van der Waals surface area contributed by atoms with Gasteiger partial charge >= 0.3 is 0 Å². The molecule has 0 unspecified atom stereocenters. The highest BCUT2D eigenvalue weighted by Gasteiger charge is 2.20. The molecule has 0 spiro atoms. The fourth-order valence-corrected chi connectivity index (χ4v) is 4.47. The van der Waals surface area contributed by atoms with E-state index in [0.29, 0.717) is 5.56 Å². The highest BCUT2D eigenvalue weighted by Crippen LogP contribution is 2.28. The van der Waals surface area contributed by atoms with E-state index in [1.807, 2.05) is 24.4 Å². The van der Waals surface area contributed by atoms with Crippen molar-refractivity contribution < 1.29 is 14.4 Å². The molecule has 1 aromatic heterocycles. The molecule has 6 heteroatoms. The van der Waals surface area contributed by atoms with E-state index in [1.165, 1.54) is 57.4 Å². The second-order valence-electron chi connectivity index (χ2n) is 8.39. The number of methoxy groups -OCH3 is 1. The van der Waals surface area contributed by atoms with E-state index in [4.69, 9.17) is 9.57 Å². The maximum absolute atomic E-state index is 12.8. The van der Waals surface area contributed by atoms with E-state index in [1.54, 1.807) is 14.2 Å². The Bertz CT molecular complexity index is 824. The van der Waals surface area contributed by atoms with E-state index in [-0.39, 0.29) is 5.91 Å². The molecule has 166 valence electrons. The molecule has 0 saturated carbocycles. The Hall–Kier alpha value is -2.05. The van der Waals surface area contributed by atoms with Crippen molar-refractivity contribution in [3.63, 3.8) is 0 Å². The van der Waals surface area contributed by atoms with E-state index in [0.717, 1.165) is 42.1 Å². The van der Waals surface area contributed by atoms with Crippen LogP contribution in [0.15, 0.2) is 24.4 Å². The smallest absolute Gasteiger partial charge is 0.279 e. The number of unbranched alkanes of at least 4 members (excludes halogenated alkanes) is 1. The van der Waals surface area contributed by atoms with Gasteiger partial charge in [0.2, 0.25) is 0 Å². The summed E-state index contributed by atoms with van der Waals surface area (Å²) in [6.07, 6.45) is 9.79. The zero-order chi connectivity index (χ0) is 21.5.